The highest BCUT2D eigenvalue weighted by molar-refractivity contribution is 5.91. The maximum atomic E-state index is 12.7. The molecule has 0 aliphatic heterocycles. The van der Waals surface area contributed by atoms with Gasteiger partial charge in [-0.25, -0.2) is 4.79 Å². The molecule has 14 nitrogen and oxygen atoms in total. The molecular formula is C18H38N10O4. The van der Waals surface area contributed by atoms with Crippen LogP contribution in [0.15, 0.2) is 0 Å². The molecule has 0 aromatic carbocycles. The summed E-state index contributed by atoms with van der Waals surface area (Å²) in [6.45, 7) is 1.07. The average Bonchev–Trinajstić information content (AvgIpc) is 2.71. The first-order valence-corrected chi connectivity index (χ1v) is 10.5. The van der Waals surface area contributed by atoms with E-state index in [9.17, 15) is 19.5 Å². The minimum atomic E-state index is -1.22. The lowest BCUT2D eigenvalue weighted by Gasteiger charge is -2.23. The SMILES string of the molecule is N=C(N)NCCC[C@H](NC(=O)[C@H](CCCNC(=N)N)NC(=O)[C@@H](N)CCCCN)C(=O)O. The van der Waals surface area contributed by atoms with Gasteiger partial charge in [-0.2, -0.15) is 0 Å². The van der Waals surface area contributed by atoms with Crippen LogP contribution in [0.4, 0.5) is 0 Å². The van der Waals surface area contributed by atoms with E-state index in [0.717, 1.165) is 6.42 Å². The molecule has 0 spiro atoms. The van der Waals surface area contributed by atoms with Crippen molar-refractivity contribution in [2.75, 3.05) is 19.6 Å². The highest BCUT2D eigenvalue weighted by atomic mass is 16.4. The van der Waals surface area contributed by atoms with Crippen LogP contribution in [0.3, 0.4) is 0 Å². The number of unbranched alkanes of at least 4 members (excludes halogenated alkanes) is 1. The first-order chi connectivity index (χ1) is 15.1. The molecule has 0 aliphatic carbocycles. The Morgan fingerprint density at radius 2 is 1.28 bits per heavy atom. The van der Waals surface area contributed by atoms with Crippen molar-refractivity contribution in [3.05, 3.63) is 0 Å². The van der Waals surface area contributed by atoms with E-state index < -0.39 is 35.9 Å². The zero-order chi connectivity index (χ0) is 24.5. The van der Waals surface area contributed by atoms with Crippen molar-refractivity contribution in [3.63, 3.8) is 0 Å². The predicted molar refractivity (Wildman–Crippen MR) is 121 cm³/mol. The summed E-state index contributed by atoms with van der Waals surface area (Å²) in [5.74, 6) is -2.84. The third kappa shape index (κ3) is 14.0. The number of hydrogen-bond acceptors (Lipinski definition) is 7. The van der Waals surface area contributed by atoms with Gasteiger partial charge in [0.15, 0.2) is 11.9 Å². The lowest BCUT2D eigenvalue weighted by atomic mass is 10.1. The number of carbonyl (C=O) groups excluding carboxylic acids is 2. The summed E-state index contributed by atoms with van der Waals surface area (Å²) in [7, 11) is 0. The molecule has 0 fully saturated rings. The van der Waals surface area contributed by atoms with Gasteiger partial charge < -0.3 is 49.3 Å². The second kappa shape index (κ2) is 16.5. The van der Waals surface area contributed by atoms with E-state index >= 15 is 0 Å². The van der Waals surface area contributed by atoms with Crippen LogP contribution in [-0.2, 0) is 14.4 Å². The number of aliphatic carboxylic acids is 1. The lowest BCUT2D eigenvalue weighted by molar-refractivity contribution is -0.142. The quantitative estimate of drug-likeness (QED) is 0.0597. The van der Waals surface area contributed by atoms with Gasteiger partial charge in [-0.1, -0.05) is 6.42 Å². The Balaban J connectivity index is 4.99. The van der Waals surface area contributed by atoms with Crippen molar-refractivity contribution in [2.24, 2.45) is 22.9 Å². The smallest absolute Gasteiger partial charge is 0.326 e. The molecule has 0 saturated carbocycles. The predicted octanol–water partition coefficient (Wildman–Crippen LogP) is -2.98. The van der Waals surface area contributed by atoms with E-state index in [1.54, 1.807) is 0 Å². The van der Waals surface area contributed by atoms with Gasteiger partial charge in [0, 0.05) is 13.1 Å². The number of rotatable bonds is 17. The van der Waals surface area contributed by atoms with Crippen molar-refractivity contribution >= 4 is 29.7 Å². The number of nitrogens with two attached hydrogens (primary N) is 4. The molecule has 0 bridgehead atoms. The Bertz CT molecular complexity index is 631. The van der Waals surface area contributed by atoms with Crippen molar-refractivity contribution < 1.29 is 19.5 Å². The van der Waals surface area contributed by atoms with Crippen LogP contribution in [0, 0.1) is 10.8 Å². The van der Waals surface area contributed by atoms with E-state index in [1.807, 2.05) is 0 Å². The number of carboxylic acid groups (broad SMARTS) is 1. The van der Waals surface area contributed by atoms with E-state index in [-0.39, 0.29) is 31.3 Å². The summed E-state index contributed by atoms with van der Waals surface area (Å²) in [4.78, 5) is 36.7. The molecular weight excluding hydrogens is 420 g/mol. The summed E-state index contributed by atoms with van der Waals surface area (Å²) in [5.41, 5.74) is 21.7. The topological polar surface area (TPSA) is 271 Å². The Morgan fingerprint density at radius 1 is 0.781 bits per heavy atom. The lowest BCUT2D eigenvalue weighted by Crippen LogP contribution is -2.54. The number of carboxylic acids is 1. The molecule has 14 heteroatoms. The molecule has 0 heterocycles. The Labute approximate surface area is 187 Å². The monoisotopic (exact) mass is 458 g/mol. The van der Waals surface area contributed by atoms with E-state index in [2.05, 4.69) is 21.3 Å². The molecule has 32 heavy (non-hydrogen) atoms. The van der Waals surface area contributed by atoms with Crippen LogP contribution >= 0.6 is 0 Å². The molecule has 0 radical (unpaired) electrons. The van der Waals surface area contributed by atoms with Gasteiger partial charge in [0.25, 0.3) is 0 Å². The summed E-state index contributed by atoms with van der Waals surface area (Å²) >= 11 is 0. The molecule has 0 aromatic rings. The van der Waals surface area contributed by atoms with Crippen LogP contribution in [-0.4, -0.2) is 72.6 Å². The van der Waals surface area contributed by atoms with Gasteiger partial charge >= 0.3 is 5.97 Å². The van der Waals surface area contributed by atoms with E-state index in [4.69, 9.17) is 33.8 Å². The first-order valence-electron chi connectivity index (χ1n) is 10.5. The van der Waals surface area contributed by atoms with Gasteiger partial charge in [0.1, 0.15) is 12.1 Å². The molecule has 0 aliphatic rings. The zero-order valence-corrected chi connectivity index (χ0v) is 18.3. The standard InChI is InChI=1S/C18H38N10O4/c19-8-2-1-5-11(20)14(29)27-12(6-3-9-25-17(21)22)15(30)28-13(16(31)32)7-4-10-26-18(23)24/h11-13H,1-10,19-20H2,(H,27,29)(H,28,30)(H,31,32)(H4,21,22,25)(H4,23,24,26)/t11-,12-,13-/m0/s1. The van der Waals surface area contributed by atoms with Crippen molar-refractivity contribution in [1.82, 2.24) is 21.3 Å². The summed E-state index contributed by atoms with van der Waals surface area (Å²) in [6, 6.07) is -3.00. The molecule has 0 saturated heterocycles. The highest BCUT2D eigenvalue weighted by Crippen LogP contribution is 2.04. The number of hydrogen-bond donors (Lipinski definition) is 11. The van der Waals surface area contributed by atoms with Crippen molar-refractivity contribution in [1.29, 1.82) is 10.8 Å². The average molecular weight is 459 g/mol. The molecule has 0 rings (SSSR count). The van der Waals surface area contributed by atoms with E-state index in [1.165, 1.54) is 0 Å². The maximum Gasteiger partial charge on any atom is 0.326 e. The molecule has 0 aromatic heterocycles. The second-order valence-electron chi connectivity index (χ2n) is 7.32. The summed E-state index contributed by atoms with van der Waals surface area (Å²) in [6.07, 6.45) is 2.82. The van der Waals surface area contributed by atoms with Crippen molar-refractivity contribution in [2.45, 2.75) is 63.1 Å². The number of carbonyl (C=O) groups is 3. The fourth-order valence-corrected chi connectivity index (χ4v) is 2.78. The molecule has 2 amide bonds. The summed E-state index contributed by atoms with van der Waals surface area (Å²) < 4.78 is 0. The number of amides is 2. The molecule has 0 unspecified atom stereocenters. The fourth-order valence-electron chi connectivity index (χ4n) is 2.78. The van der Waals surface area contributed by atoms with Crippen molar-refractivity contribution in [3.8, 4) is 0 Å². The van der Waals surface area contributed by atoms with Crippen LogP contribution in [0.2, 0.25) is 0 Å². The minimum Gasteiger partial charge on any atom is -0.480 e. The van der Waals surface area contributed by atoms with Crippen LogP contribution < -0.4 is 44.2 Å². The van der Waals surface area contributed by atoms with Gasteiger partial charge in [-0.15, -0.1) is 0 Å². The number of guanidine groups is 2. The normalized spacial score (nSPS) is 13.3. The van der Waals surface area contributed by atoms with Gasteiger partial charge in [0.2, 0.25) is 11.8 Å². The zero-order valence-electron chi connectivity index (χ0n) is 18.3. The molecule has 15 N–H and O–H groups in total. The third-order valence-electron chi connectivity index (χ3n) is 4.52. The van der Waals surface area contributed by atoms with Crippen LogP contribution in [0.25, 0.3) is 0 Å². The molecule has 3 atom stereocenters. The minimum absolute atomic E-state index is 0.104. The highest BCUT2D eigenvalue weighted by Gasteiger charge is 2.27. The second-order valence-corrected chi connectivity index (χ2v) is 7.32. The fraction of sp³-hybridized carbons (Fsp3) is 0.722. The van der Waals surface area contributed by atoms with Gasteiger partial charge in [0.05, 0.1) is 6.04 Å². The number of nitrogens with one attached hydrogen (secondary N) is 6. The Morgan fingerprint density at radius 3 is 1.75 bits per heavy atom. The van der Waals surface area contributed by atoms with Gasteiger partial charge in [-0.05, 0) is 45.1 Å². The molecule has 184 valence electrons. The summed E-state index contributed by atoms with van der Waals surface area (Å²) in [5, 5.41) is 33.9. The maximum absolute atomic E-state index is 12.7. The first kappa shape index (κ1) is 28.9. The van der Waals surface area contributed by atoms with Crippen LogP contribution in [0.5, 0.6) is 0 Å². The van der Waals surface area contributed by atoms with Crippen LogP contribution in [0.1, 0.15) is 44.9 Å². The Kier molecular flexibility index (Phi) is 14.9. The van der Waals surface area contributed by atoms with Gasteiger partial charge in [-0.3, -0.25) is 20.4 Å². The van der Waals surface area contributed by atoms with E-state index in [0.29, 0.717) is 38.8 Å². The third-order valence-corrected chi connectivity index (χ3v) is 4.52. The largest absolute Gasteiger partial charge is 0.480 e. The Hall–Kier alpha value is -3.13.